The van der Waals surface area contributed by atoms with Crippen LogP contribution in [-0.4, -0.2) is 52.7 Å². The van der Waals surface area contributed by atoms with Crippen molar-refractivity contribution in [2.75, 3.05) is 26.8 Å². The summed E-state index contributed by atoms with van der Waals surface area (Å²) in [5.74, 6) is 1.50. The largest absolute Gasteiger partial charge is 0.439 e. The fraction of sp³-hybridized carbons (Fsp3) is 0.464. The van der Waals surface area contributed by atoms with Gasteiger partial charge in [0.05, 0.1) is 29.7 Å². The van der Waals surface area contributed by atoms with Gasteiger partial charge < -0.3 is 14.6 Å². The van der Waals surface area contributed by atoms with Crippen molar-refractivity contribution in [3.63, 3.8) is 0 Å². The number of aliphatic hydroxyl groups excluding tert-OH is 1. The first kappa shape index (κ1) is 25.9. The first-order valence-corrected chi connectivity index (χ1v) is 12.4. The van der Waals surface area contributed by atoms with Gasteiger partial charge in [0.15, 0.2) is 0 Å². The number of aliphatic hydroxyl groups is 1. The number of para-hydroxylation sites is 1. The summed E-state index contributed by atoms with van der Waals surface area (Å²) in [5, 5.41) is 15.6. The molecule has 1 N–H and O–H groups in total. The number of hydrogen-bond acceptors (Lipinski definition) is 5. The predicted molar refractivity (Wildman–Crippen MR) is 137 cm³/mol. The number of methoxy groups -OCH3 is 1. The fourth-order valence-corrected chi connectivity index (χ4v) is 4.00. The Morgan fingerprint density at radius 2 is 1.79 bits per heavy atom. The Labute approximate surface area is 204 Å². The Morgan fingerprint density at radius 3 is 2.44 bits per heavy atom. The molecule has 1 atom stereocenters. The van der Waals surface area contributed by atoms with Gasteiger partial charge in [-0.25, -0.2) is 4.68 Å². The van der Waals surface area contributed by atoms with E-state index < -0.39 is 0 Å². The summed E-state index contributed by atoms with van der Waals surface area (Å²) in [5.41, 5.74) is 4.18. The van der Waals surface area contributed by atoms with E-state index in [-0.39, 0.29) is 6.10 Å². The minimum absolute atomic E-state index is 0.368. The second kappa shape index (κ2) is 13.3. The van der Waals surface area contributed by atoms with Crippen LogP contribution in [-0.2, 0) is 17.7 Å². The molecule has 0 saturated carbocycles. The molecule has 34 heavy (non-hydrogen) atoms. The van der Waals surface area contributed by atoms with Crippen molar-refractivity contribution < 1.29 is 14.6 Å². The molecule has 3 aromatic rings. The first-order chi connectivity index (χ1) is 16.5. The topological polar surface area (TPSA) is 59.8 Å². The first-order valence-electron chi connectivity index (χ1n) is 12.4. The van der Waals surface area contributed by atoms with Crippen LogP contribution in [0.3, 0.4) is 0 Å². The summed E-state index contributed by atoms with van der Waals surface area (Å²) in [6.07, 6.45) is 3.32. The van der Waals surface area contributed by atoms with Gasteiger partial charge in [0.1, 0.15) is 5.75 Å². The van der Waals surface area contributed by atoms with Crippen molar-refractivity contribution in [1.82, 2.24) is 14.7 Å². The van der Waals surface area contributed by atoms with Gasteiger partial charge in [-0.3, -0.25) is 4.90 Å². The van der Waals surface area contributed by atoms with E-state index in [0.717, 1.165) is 60.8 Å². The van der Waals surface area contributed by atoms with Gasteiger partial charge >= 0.3 is 0 Å². The zero-order chi connectivity index (χ0) is 24.3. The molecular weight excluding hydrogens is 426 g/mol. The predicted octanol–water partition coefficient (Wildman–Crippen LogP) is 5.53. The van der Waals surface area contributed by atoms with E-state index in [1.54, 1.807) is 7.11 Å². The lowest BCUT2D eigenvalue weighted by molar-refractivity contribution is 0.0786. The van der Waals surface area contributed by atoms with Crippen molar-refractivity contribution in [3.05, 3.63) is 71.4 Å². The molecule has 3 rings (SSSR count). The van der Waals surface area contributed by atoms with Crippen LogP contribution in [0.2, 0.25) is 0 Å². The van der Waals surface area contributed by atoms with E-state index in [1.807, 2.05) is 59.3 Å². The fourth-order valence-electron chi connectivity index (χ4n) is 4.00. The summed E-state index contributed by atoms with van der Waals surface area (Å²) in [4.78, 5) is 2.25. The Balaban J connectivity index is 1.98. The molecule has 184 valence electrons. The molecule has 1 heterocycles. The molecule has 0 bridgehead atoms. The number of hydrogen-bond donors (Lipinski definition) is 1. The van der Waals surface area contributed by atoms with Gasteiger partial charge in [-0.15, -0.1) is 0 Å². The van der Waals surface area contributed by atoms with Gasteiger partial charge in [0.25, 0.3) is 0 Å². The van der Waals surface area contributed by atoms with E-state index in [2.05, 4.69) is 25.7 Å². The van der Waals surface area contributed by atoms with Crippen molar-refractivity contribution in [2.24, 2.45) is 0 Å². The summed E-state index contributed by atoms with van der Waals surface area (Å²) < 4.78 is 13.8. The molecule has 0 spiro atoms. The van der Waals surface area contributed by atoms with E-state index >= 15 is 0 Å². The highest BCUT2D eigenvalue weighted by Gasteiger charge is 2.23. The highest BCUT2D eigenvalue weighted by molar-refractivity contribution is 5.44. The third-order valence-corrected chi connectivity index (χ3v) is 5.94. The monoisotopic (exact) mass is 465 g/mol. The Kier molecular flexibility index (Phi) is 10.1. The van der Waals surface area contributed by atoms with Crippen molar-refractivity contribution in [2.45, 2.75) is 59.1 Å². The number of nitrogens with zero attached hydrogens (tertiary/aromatic N) is 3. The smallest absolute Gasteiger partial charge is 0.227 e. The van der Waals surface area contributed by atoms with Crippen LogP contribution in [0.1, 0.15) is 49.9 Å². The van der Waals surface area contributed by atoms with Crippen LogP contribution in [0.25, 0.3) is 5.69 Å². The van der Waals surface area contributed by atoms with E-state index in [0.29, 0.717) is 19.7 Å². The van der Waals surface area contributed by atoms with Crippen LogP contribution >= 0.6 is 0 Å². The Bertz CT molecular complexity index is 986. The van der Waals surface area contributed by atoms with E-state index in [1.165, 1.54) is 5.56 Å². The summed E-state index contributed by atoms with van der Waals surface area (Å²) in [7, 11) is 1.71. The minimum atomic E-state index is -0.368. The van der Waals surface area contributed by atoms with Crippen molar-refractivity contribution in [1.29, 1.82) is 0 Å². The second-order valence-electron chi connectivity index (χ2n) is 8.77. The lowest BCUT2D eigenvalue weighted by atomic mass is 10.1. The van der Waals surface area contributed by atoms with Crippen molar-refractivity contribution >= 4 is 0 Å². The van der Waals surface area contributed by atoms with Gasteiger partial charge in [0, 0.05) is 26.7 Å². The molecule has 0 fully saturated rings. The number of aromatic nitrogens is 2. The minimum Gasteiger partial charge on any atom is -0.439 e. The summed E-state index contributed by atoms with van der Waals surface area (Å²) in [6, 6.07) is 18.2. The maximum atomic E-state index is 10.6. The maximum Gasteiger partial charge on any atom is 0.227 e. The molecule has 0 aliphatic heterocycles. The second-order valence-corrected chi connectivity index (χ2v) is 8.77. The average molecular weight is 466 g/mol. The number of benzene rings is 2. The zero-order valence-electron chi connectivity index (χ0n) is 21.0. The van der Waals surface area contributed by atoms with Gasteiger partial charge in [0.2, 0.25) is 5.88 Å². The number of aryl methyl sites for hydroxylation is 2. The quantitative estimate of drug-likeness (QED) is 0.339. The molecular formula is C28H39N3O3. The summed E-state index contributed by atoms with van der Waals surface area (Å²) >= 11 is 0. The molecule has 0 unspecified atom stereocenters. The number of rotatable bonds is 14. The highest BCUT2D eigenvalue weighted by Crippen LogP contribution is 2.32. The van der Waals surface area contributed by atoms with E-state index in [4.69, 9.17) is 14.6 Å². The average Bonchev–Trinajstić information content (AvgIpc) is 3.20. The molecule has 0 saturated heterocycles. The summed E-state index contributed by atoms with van der Waals surface area (Å²) in [6.45, 7) is 8.88. The van der Waals surface area contributed by atoms with Crippen LogP contribution < -0.4 is 4.74 Å². The standard InChI is InChI=1S/C28H39N3O3/c1-5-7-13-24(32)20-30(18-19-33-4)21-26-27(6-2)29-31(23-11-9-8-10-12-23)28(26)34-25-16-14-22(3)15-17-25/h8-12,14-17,24,32H,5-7,13,18-21H2,1-4H3/t24-/m0/s1. The Hall–Kier alpha value is -2.67. The molecule has 0 amide bonds. The Morgan fingerprint density at radius 1 is 1.06 bits per heavy atom. The van der Waals surface area contributed by atoms with Gasteiger partial charge in [-0.1, -0.05) is 62.6 Å². The molecule has 0 aliphatic rings. The lowest BCUT2D eigenvalue weighted by Gasteiger charge is -2.25. The van der Waals surface area contributed by atoms with Crippen LogP contribution in [0.5, 0.6) is 11.6 Å². The molecule has 2 aromatic carbocycles. The molecule has 6 nitrogen and oxygen atoms in total. The SMILES string of the molecule is CCCC[C@H](O)CN(CCOC)Cc1c(CC)nn(-c2ccccc2)c1Oc1ccc(C)cc1. The molecule has 0 aliphatic carbocycles. The van der Waals surface area contributed by atoms with Gasteiger partial charge in [-0.05, 0) is 44.0 Å². The molecule has 6 heteroatoms. The normalized spacial score (nSPS) is 12.3. The number of unbranched alkanes of at least 4 members (excludes halogenated alkanes) is 1. The lowest BCUT2D eigenvalue weighted by Crippen LogP contribution is -2.34. The third kappa shape index (κ3) is 7.16. The van der Waals surface area contributed by atoms with Crippen LogP contribution in [0, 0.1) is 6.92 Å². The number of ether oxygens (including phenoxy) is 2. The van der Waals surface area contributed by atoms with Crippen molar-refractivity contribution in [3.8, 4) is 17.3 Å². The highest BCUT2D eigenvalue weighted by atomic mass is 16.5. The van der Waals surface area contributed by atoms with Crippen LogP contribution in [0.4, 0.5) is 0 Å². The third-order valence-electron chi connectivity index (χ3n) is 5.94. The molecule has 0 radical (unpaired) electrons. The zero-order valence-corrected chi connectivity index (χ0v) is 21.0. The van der Waals surface area contributed by atoms with Gasteiger partial charge in [-0.2, -0.15) is 5.10 Å². The van der Waals surface area contributed by atoms with E-state index in [9.17, 15) is 5.11 Å². The maximum absolute atomic E-state index is 10.6. The molecule has 1 aromatic heterocycles. The van der Waals surface area contributed by atoms with Crippen LogP contribution in [0.15, 0.2) is 54.6 Å².